The molecule has 0 bridgehead atoms. The van der Waals surface area contributed by atoms with Crippen LogP contribution in [0.2, 0.25) is 0 Å². The maximum atomic E-state index is 12.7. The zero-order chi connectivity index (χ0) is 17.1. The fraction of sp³-hybridized carbons (Fsp3) is 0.444. The fourth-order valence-corrected chi connectivity index (χ4v) is 3.04. The molecule has 1 aliphatic heterocycles. The number of hydrogen-bond donors (Lipinski definition) is 0. The normalized spacial score (nSPS) is 16.2. The van der Waals surface area contributed by atoms with Crippen LogP contribution >= 0.6 is 0 Å². The van der Waals surface area contributed by atoms with E-state index in [2.05, 4.69) is 5.10 Å². The number of carbonyl (C=O) groups excluding carboxylic acids is 1. The van der Waals surface area contributed by atoms with Crippen molar-refractivity contribution in [1.29, 1.82) is 0 Å². The SMILES string of the molecule is CCn1cc(CN(C)C(=O)[C@@H]2COc3c(cccc3OC)C2)cn1. The molecule has 0 N–H and O–H groups in total. The Labute approximate surface area is 142 Å². The van der Waals surface area contributed by atoms with Gasteiger partial charge in [0.2, 0.25) is 5.91 Å². The van der Waals surface area contributed by atoms with E-state index in [0.29, 0.717) is 19.6 Å². The first-order valence-electron chi connectivity index (χ1n) is 8.17. The summed E-state index contributed by atoms with van der Waals surface area (Å²) in [7, 11) is 3.45. The highest BCUT2D eigenvalue weighted by atomic mass is 16.5. The number of amides is 1. The summed E-state index contributed by atoms with van der Waals surface area (Å²) in [5.41, 5.74) is 2.05. The van der Waals surface area contributed by atoms with Gasteiger partial charge >= 0.3 is 0 Å². The van der Waals surface area contributed by atoms with Crippen LogP contribution < -0.4 is 9.47 Å². The molecule has 1 amide bonds. The molecule has 2 heterocycles. The minimum Gasteiger partial charge on any atom is -0.493 e. The molecule has 0 spiro atoms. The van der Waals surface area contributed by atoms with Crippen molar-refractivity contribution in [1.82, 2.24) is 14.7 Å². The predicted molar refractivity (Wildman–Crippen MR) is 90.1 cm³/mol. The molecule has 0 unspecified atom stereocenters. The number of ether oxygens (including phenoxy) is 2. The molecule has 0 aliphatic carbocycles. The van der Waals surface area contributed by atoms with Crippen molar-refractivity contribution in [3.63, 3.8) is 0 Å². The van der Waals surface area contributed by atoms with E-state index in [1.54, 1.807) is 12.0 Å². The molecule has 0 saturated heterocycles. The van der Waals surface area contributed by atoms with Crippen molar-refractivity contribution in [2.45, 2.75) is 26.4 Å². The molecule has 0 radical (unpaired) electrons. The average Bonchev–Trinajstić information content (AvgIpc) is 3.07. The lowest BCUT2D eigenvalue weighted by molar-refractivity contribution is -0.136. The largest absolute Gasteiger partial charge is 0.493 e. The second-order valence-electron chi connectivity index (χ2n) is 6.06. The van der Waals surface area contributed by atoms with E-state index in [1.807, 2.05) is 49.2 Å². The third kappa shape index (κ3) is 3.22. The second-order valence-corrected chi connectivity index (χ2v) is 6.06. The number of para-hydroxylation sites is 1. The van der Waals surface area contributed by atoms with Gasteiger partial charge in [0.1, 0.15) is 6.61 Å². The van der Waals surface area contributed by atoms with Crippen LogP contribution in [0.3, 0.4) is 0 Å². The zero-order valence-corrected chi connectivity index (χ0v) is 14.4. The summed E-state index contributed by atoms with van der Waals surface area (Å²) in [5.74, 6) is 1.40. The highest BCUT2D eigenvalue weighted by molar-refractivity contribution is 5.79. The van der Waals surface area contributed by atoms with Gasteiger partial charge in [0.25, 0.3) is 0 Å². The summed E-state index contributed by atoms with van der Waals surface area (Å²) < 4.78 is 13.0. The number of aryl methyl sites for hydroxylation is 1. The first-order chi connectivity index (χ1) is 11.6. The third-order valence-electron chi connectivity index (χ3n) is 4.33. The Balaban J connectivity index is 1.67. The maximum absolute atomic E-state index is 12.7. The van der Waals surface area contributed by atoms with Gasteiger partial charge in [-0.2, -0.15) is 5.10 Å². The maximum Gasteiger partial charge on any atom is 0.229 e. The smallest absolute Gasteiger partial charge is 0.229 e. The van der Waals surface area contributed by atoms with E-state index in [0.717, 1.165) is 29.2 Å². The van der Waals surface area contributed by atoms with E-state index in [-0.39, 0.29) is 11.8 Å². The Morgan fingerprint density at radius 3 is 3.04 bits per heavy atom. The van der Waals surface area contributed by atoms with Crippen molar-refractivity contribution in [2.75, 3.05) is 20.8 Å². The molecule has 1 aromatic heterocycles. The molecule has 0 saturated carbocycles. The van der Waals surface area contributed by atoms with E-state index >= 15 is 0 Å². The fourth-order valence-electron chi connectivity index (χ4n) is 3.04. The first kappa shape index (κ1) is 16.4. The molecule has 1 aromatic carbocycles. The van der Waals surface area contributed by atoms with Crippen molar-refractivity contribution in [3.8, 4) is 11.5 Å². The van der Waals surface area contributed by atoms with Gasteiger partial charge in [0, 0.05) is 31.9 Å². The summed E-state index contributed by atoms with van der Waals surface area (Å²) in [4.78, 5) is 14.5. The molecule has 128 valence electrons. The average molecular weight is 329 g/mol. The topological polar surface area (TPSA) is 56.6 Å². The number of benzene rings is 1. The molecule has 3 rings (SSSR count). The molecule has 6 heteroatoms. The highest BCUT2D eigenvalue weighted by Gasteiger charge is 2.29. The molecular formula is C18H23N3O3. The van der Waals surface area contributed by atoms with Gasteiger partial charge < -0.3 is 14.4 Å². The van der Waals surface area contributed by atoms with Crippen LogP contribution in [0.5, 0.6) is 11.5 Å². The minimum absolute atomic E-state index is 0.0905. The van der Waals surface area contributed by atoms with E-state index < -0.39 is 0 Å². The number of aromatic nitrogens is 2. The number of nitrogens with zero attached hydrogens (tertiary/aromatic N) is 3. The number of methoxy groups -OCH3 is 1. The standard InChI is InChI=1S/C18H23N3O3/c1-4-21-11-13(9-19-21)10-20(2)18(22)15-8-14-6-5-7-16(23-3)17(14)24-12-15/h5-7,9,11,15H,4,8,10,12H2,1-3H3/t15-/m0/s1. The predicted octanol–water partition coefficient (Wildman–Crippen LogP) is 2.12. The van der Waals surface area contributed by atoms with Gasteiger partial charge in [-0.05, 0) is 25.0 Å². The van der Waals surface area contributed by atoms with Gasteiger partial charge in [0.15, 0.2) is 11.5 Å². The van der Waals surface area contributed by atoms with Crippen molar-refractivity contribution < 1.29 is 14.3 Å². The summed E-state index contributed by atoms with van der Waals surface area (Å²) in [6.45, 7) is 3.80. The molecular weight excluding hydrogens is 306 g/mol. The number of fused-ring (bicyclic) bond motifs is 1. The van der Waals surface area contributed by atoms with Crippen LogP contribution in [-0.4, -0.2) is 41.4 Å². The van der Waals surface area contributed by atoms with Crippen LogP contribution in [0.15, 0.2) is 30.6 Å². The lowest BCUT2D eigenvalue weighted by atomic mass is 9.95. The van der Waals surface area contributed by atoms with Gasteiger partial charge in [-0.1, -0.05) is 12.1 Å². The van der Waals surface area contributed by atoms with Crippen LogP contribution in [0.25, 0.3) is 0 Å². The monoisotopic (exact) mass is 329 g/mol. The van der Waals surface area contributed by atoms with Gasteiger partial charge in [-0.15, -0.1) is 0 Å². The lowest BCUT2D eigenvalue weighted by Crippen LogP contribution is -2.38. The van der Waals surface area contributed by atoms with E-state index in [9.17, 15) is 4.79 Å². The van der Waals surface area contributed by atoms with Crippen molar-refractivity contribution in [2.24, 2.45) is 5.92 Å². The quantitative estimate of drug-likeness (QED) is 0.843. The lowest BCUT2D eigenvalue weighted by Gasteiger charge is -2.28. The number of hydrogen-bond acceptors (Lipinski definition) is 4. The van der Waals surface area contributed by atoms with Crippen LogP contribution in [0.1, 0.15) is 18.1 Å². The van der Waals surface area contributed by atoms with Gasteiger partial charge in [-0.25, -0.2) is 0 Å². The first-order valence-corrected chi connectivity index (χ1v) is 8.17. The highest BCUT2D eigenvalue weighted by Crippen LogP contribution is 2.36. The zero-order valence-electron chi connectivity index (χ0n) is 14.4. The van der Waals surface area contributed by atoms with Gasteiger partial charge in [0.05, 0.1) is 19.2 Å². The van der Waals surface area contributed by atoms with Gasteiger partial charge in [-0.3, -0.25) is 9.48 Å². The Morgan fingerprint density at radius 1 is 1.50 bits per heavy atom. The second kappa shape index (κ2) is 6.95. The summed E-state index contributed by atoms with van der Waals surface area (Å²) in [5, 5.41) is 4.25. The molecule has 0 fully saturated rings. The summed E-state index contributed by atoms with van der Waals surface area (Å²) in [6.07, 6.45) is 4.45. The molecule has 2 aromatic rings. The van der Waals surface area contributed by atoms with Crippen LogP contribution in [0, 0.1) is 5.92 Å². The molecule has 6 nitrogen and oxygen atoms in total. The molecule has 1 atom stereocenters. The number of rotatable bonds is 5. The van der Waals surface area contributed by atoms with E-state index in [4.69, 9.17) is 9.47 Å². The molecule has 24 heavy (non-hydrogen) atoms. The molecule has 1 aliphatic rings. The van der Waals surface area contributed by atoms with Crippen LogP contribution in [0.4, 0.5) is 0 Å². The number of carbonyl (C=O) groups is 1. The summed E-state index contributed by atoms with van der Waals surface area (Å²) >= 11 is 0. The van der Waals surface area contributed by atoms with E-state index in [1.165, 1.54) is 0 Å². The third-order valence-corrected chi connectivity index (χ3v) is 4.33. The Kier molecular flexibility index (Phi) is 4.74. The summed E-state index contributed by atoms with van der Waals surface area (Å²) in [6, 6.07) is 5.79. The Bertz CT molecular complexity index is 726. The Hall–Kier alpha value is -2.50. The van der Waals surface area contributed by atoms with Crippen LogP contribution in [-0.2, 0) is 24.3 Å². The van der Waals surface area contributed by atoms with Crippen molar-refractivity contribution in [3.05, 3.63) is 41.7 Å². The Morgan fingerprint density at radius 2 is 2.33 bits per heavy atom. The van der Waals surface area contributed by atoms with Crippen molar-refractivity contribution >= 4 is 5.91 Å². The minimum atomic E-state index is -0.171.